The van der Waals surface area contributed by atoms with Gasteiger partial charge >= 0.3 is 247 Å². The smallest absolute Gasteiger partial charge is 1.00 e. The largest absolute Gasteiger partial charge is 1.00 e. The molecule has 0 N–H and O–H groups in total. The summed E-state index contributed by atoms with van der Waals surface area (Å²) in [4.78, 5) is 0. The summed E-state index contributed by atoms with van der Waals surface area (Å²) in [5.41, 5.74) is 2.97. The average Bonchev–Trinajstić information content (AvgIpc) is 3.52. The topological polar surface area (TPSA) is 14.1 Å². The van der Waals surface area contributed by atoms with E-state index < -0.39 is 18.4 Å². The van der Waals surface area contributed by atoms with Crippen molar-refractivity contribution in [2.45, 2.75) is 82.2 Å². The van der Waals surface area contributed by atoms with Crippen LogP contribution in [0.25, 0.3) is 5.32 Å². The Morgan fingerprint density at radius 1 is 0.724 bits per heavy atom. The van der Waals surface area contributed by atoms with Crippen molar-refractivity contribution in [1.29, 1.82) is 0 Å². The predicted molar refractivity (Wildman–Crippen MR) is 126 cm³/mol. The molecule has 2 aromatic carbocycles. The molecule has 0 bridgehead atoms. The Hall–Kier alpha value is 1.25. The van der Waals surface area contributed by atoms with E-state index in [1.807, 2.05) is 0 Å². The first-order valence-corrected chi connectivity index (χ1v) is 19.0. The van der Waals surface area contributed by atoms with Gasteiger partial charge in [-0.15, -0.1) is 0 Å². The quantitative estimate of drug-likeness (QED) is 0.224. The van der Waals surface area contributed by atoms with Gasteiger partial charge in [0.1, 0.15) is 0 Å². The van der Waals surface area contributed by atoms with Crippen molar-refractivity contribution in [2.75, 3.05) is 0 Å². The first-order chi connectivity index (χ1) is 13.7. The monoisotopic (exact) mass is 617 g/mol. The minimum Gasteiger partial charge on any atom is 1.00 e. The summed E-state index contributed by atoms with van der Waals surface area (Å²) in [5, 5.41) is 5.55. The van der Waals surface area contributed by atoms with Gasteiger partial charge in [-0.2, -0.15) is 0 Å². The van der Waals surface area contributed by atoms with Gasteiger partial charge in [0.25, 0.3) is 0 Å². The van der Waals surface area contributed by atoms with Gasteiger partial charge < -0.3 is 0 Å². The molecule has 1 fully saturated rings. The first-order valence-electron chi connectivity index (χ1n) is 11.6. The number of hydrogen-bond acceptors (Lipinski definition) is 0. The fourth-order valence-electron chi connectivity index (χ4n) is 5.27. The summed E-state index contributed by atoms with van der Waals surface area (Å²) in [7, 11) is 0. The van der Waals surface area contributed by atoms with Gasteiger partial charge in [-0.25, -0.2) is 0 Å². The van der Waals surface area contributed by atoms with Crippen molar-refractivity contribution in [3.8, 4) is 0 Å². The third-order valence-corrected chi connectivity index (χ3v) is 24.6. The van der Waals surface area contributed by atoms with E-state index in [1.54, 1.807) is 0 Å². The van der Waals surface area contributed by atoms with Crippen LogP contribution in [0.15, 0.2) is 60.7 Å². The van der Waals surface area contributed by atoms with Crippen molar-refractivity contribution in [3.05, 3.63) is 77.1 Å². The molecule has 2 aromatic rings. The van der Waals surface area contributed by atoms with E-state index in [1.165, 1.54) is 63.0 Å². The first kappa shape index (κ1) is 26.5. The van der Waals surface area contributed by atoms with Crippen LogP contribution in [-0.4, -0.2) is 18.4 Å². The zero-order valence-corrected chi connectivity index (χ0v) is 28.3. The molecule has 1 saturated heterocycles. The molecular weight excluding hydrogens is 578 g/mol. The molecule has 1 nitrogen and oxygen atoms in total. The standard InChI is InChI=1S/C14H11N.3C4H9.Cs.Sn/c1-3-7-11(8-4-1)13-14(15-13)12-9-5-2-6-10-12;3*1-3-4-2;;/h1-10,13H;3*1,3-4H2,2H3;;/q-1;;;;+1;/t13-;;;;;/m0...../s1. The Labute approximate surface area is 242 Å². The van der Waals surface area contributed by atoms with Crippen LogP contribution in [0.3, 0.4) is 0 Å². The Balaban J connectivity index is 0.00000300. The van der Waals surface area contributed by atoms with Crippen molar-refractivity contribution >= 4 is 18.4 Å². The molecule has 0 saturated carbocycles. The number of unbranched alkanes of at least 4 members (excludes halogenated alkanes) is 3. The molecule has 29 heavy (non-hydrogen) atoms. The summed E-state index contributed by atoms with van der Waals surface area (Å²) >= 11 is -2.60. The molecule has 1 aliphatic rings. The summed E-state index contributed by atoms with van der Waals surface area (Å²) in [6.07, 6.45) is 8.15. The average molecular weight is 616 g/mol. The third-order valence-electron chi connectivity index (χ3n) is 6.83. The van der Waals surface area contributed by atoms with Crippen molar-refractivity contribution in [2.24, 2.45) is 0 Å². The van der Waals surface area contributed by atoms with Gasteiger partial charge in [0, 0.05) is 0 Å². The van der Waals surface area contributed by atoms with Crippen molar-refractivity contribution < 1.29 is 68.9 Å². The Morgan fingerprint density at radius 2 is 1.17 bits per heavy atom. The molecule has 0 aromatic heterocycles. The van der Waals surface area contributed by atoms with Crippen LogP contribution >= 0.6 is 0 Å². The molecule has 3 rings (SSSR count). The fourth-order valence-corrected chi connectivity index (χ4v) is 25.0. The van der Waals surface area contributed by atoms with E-state index >= 15 is 0 Å². The zero-order chi connectivity index (χ0) is 19.9. The molecule has 3 heteroatoms. The minimum absolute atomic E-state index is 0. The van der Waals surface area contributed by atoms with Gasteiger partial charge in [0.15, 0.2) is 0 Å². The van der Waals surface area contributed by atoms with Gasteiger partial charge in [-0.1, -0.05) is 0 Å². The van der Waals surface area contributed by atoms with E-state index in [-0.39, 0.29) is 72.4 Å². The van der Waals surface area contributed by atoms with E-state index in [0.29, 0.717) is 6.04 Å². The second-order valence-electron chi connectivity index (χ2n) is 8.67. The van der Waals surface area contributed by atoms with E-state index in [9.17, 15) is 0 Å². The number of benzene rings is 2. The summed E-state index contributed by atoms with van der Waals surface area (Å²) < 4.78 is 4.68. The van der Waals surface area contributed by atoms with E-state index in [2.05, 4.69) is 81.4 Å². The Kier molecular flexibility index (Phi) is 12.0. The van der Waals surface area contributed by atoms with E-state index in [4.69, 9.17) is 5.32 Å². The number of rotatable bonds is 12. The third kappa shape index (κ3) is 5.98. The maximum atomic E-state index is 5.55. The number of hydrogen-bond donors (Lipinski definition) is 0. The molecule has 1 heterocycles. The van der Waals surface area contributed by atoms with Gasteiger partial charge in [0.2, 0.25) is 0 Å². The van der Waals surface area contributed by atoms with Crippen LogP contribution in [-0.2, 0) is 3.55 Å². The maximum absolute atomic E-state index is 5.55. The summed E-state index contributed by atoms with van der Waals surface area (Å²) in [6.45, 7) is 7.10. The minimum atomic E-state index is -2.60. The molecule has 0 aliphatic carbocycles. The normalized spacial score (nSPS) is 20.9. The van der Waals surface area contributed by atoms with Crippen LogP contribution in [0.5, 0.6) is 0 Å². The van der Waals surface area contributed by atoms with Crippen molar-refractivity contribution in [3.63, 3.8) is 0 Å². The molecule has 0 unspecified atom stereocenters. The molecule has 0 radical (unpaired) electrons. The molecule has 1 aliphatic heterocycles. The van der Waals surface area contributed by atoms with Crippen LogP contribution < -0.4 is 68.9 Å². The van der Waals surface area contributed by atoms with Crippen LogP contribution in [0, 0.1) is 0 Å². The zero-order valence-electron chi connectivity index (χ0n) is 19.2. The molecule has 0 spiro atoms. The Morgan fingerprint density at radius 3 is 1.62 bits per heavy atom. The maximum Gasteiger partial charge on any atom is 1.00 e. The van der Waals surface area contributed by atoms with Gasteiger partial charge in [0.05, 0.1) is 0 Å². The predicted octanol–water partition coefficient (Wildman–Crippen LogP) is 5.40. The van der Waals surface area contributed by atoms with E-state index in [0.717, 1.165) is 0 Å². The summed E-state index contributed by atoms with van der Waals surface area (Å²) in [5.74, 6) is 0. The van der Waals surface area contributed by atoms with Crippen molar-refractivity contribution in [1.82, 2.24) is 0 Å². The van der Waals surface area contributed by atoms with Crippen LogP contribution in [0.4, 0.5) is 0 Å². The van der Waals surface area contributed by atoms with Crippen LogP contribution in [0.1, 0.15) is 76.5 Å². The number of nitrogens with zero attached hydrogens (tertiary/aromatic N) is 1. The van der Waals surface area contributed by atoms with Gasteiger partial charge in [-0.3, -0.25) is 0 Å². The molecular formula is C26H38CsNSn. The SMILES string of the molecule is CCC[CH2][Sn]([CH2]CCC)([CH2]CCC)[C@]1(c2ccccc2)[N-][C@H]1c1ccccc1.[Cs+]. The Bertz CT molecular complexity index is 683. The van der Waals surface area contributed by atoms with Crippen LogP contribution in [0.2, 0.25) is 13.3 Å². The second-order valence-corrected chi connectivity index (χ2v) is 22.4. The second kappa shape index (κ2) is 13.1. The fraction of sp³-hybridized carbons (Fsp3) is 0.538. The van der Waals surface area contributed by atoms with Gasteiger partial charge in [-0.05, 0) is 0 Å². The molecule has 2 atom stereocenters. The molecule has 0 amide bonds. The molecule has 152 valence electrons. The summed E-state index contributed by atoms with van der Waals surface area (Å²) in [6, 6.07) is 23.0.